The highest BCUT2D eigenvalue weighted by Crippen LogP contribution is 2.41. The summed E-state index contributed by atoms with van der Waals surface area (Å²) in [7, 11) is 0. The molecule has 7 aromatic rings. The van der Waals surface area contributed by atoms with Crippen molar-refractivity contribution in [2.75, 3.05) is 9.80 Å². The molecule has 0 saturated heterocycles. The molecule has 2 atom stereocenters. The zero-order valence-electron chi connectivity index (χ0n) is 35.2. The first kappa shape index (κ1) is 39.9. The van der Waals surface area contributed by atoms with Crippen molar-refractivity contribution in [2.45, 2.75) is 46.6 Å². The lowest BCUT2D eigenvalue weighted by molar-refractivity contribution is 0.523. The van der Waals surface area contributed by atoms with Crippen LogP contribution < -0.4 is 9.80 Å². The summed E-state index contributed by atoms with van der Waals surface area (Å²) in [6.07, 6.45) is 17.6. The first-order valence-electron chi connectivity index (χ1n) is 21.4. The van der Waals surface area contributed by atoms with Gasteiger partial charge >= 0.3 is 0 Å². The molecule has 2 unspecified atom stereocenters. The molecule has 1 aliphatic rings. The zero-order chi connectivity index (χ0) is 41.3. The number of para-hydroxylation sites is 1. The largest absolute Gasteiger partial charge is 0.334 e. The molecule has 0 saturated carbocycles. The Labute approximate surface area is 357 Å². The van der Waals surface area contributed by atoms with Gasteiger partial charge < -0.3 is 9.80 Å². The SMILES string of the molecule is CCc1cccc(C)c1N(c1ccc(/C=C/c2ccccc2)cc1)c1ccc(-c2ccc(N(c3ccc(/C=C/c4ccccc4)cc3)C3C(C)=CC=CC3CC)cc2)cc1. The highest BCUT2D eigenvalue weighted by molar-refractivity contribution is 5.83. The van der Waals surface area contributed by atoms with Crippen molar-refractivity contribution in [1.82, 2.24) is 0 Å². The standard InChI is InChI=1S/C58H54N2/c1-5-49-21-13-15-43(3)57(49)59(53-35-27-47(28-36-53)25-23-45-17-9-7-10-18-45)55-39-31-51(32-40-55)52-33-41-56(42-34-52)60(58-44(4)16-14-22-50(58)6-2)54-37-29-48(30-38-54)26-24-46-19-11-8-12-20-46/h7-42,49,57H,5-6H2,1-4H3/b25-23+,26-24+. The van der Waals surface area contributed by atoms with Gasteiger partial charge in [0.1, 0.15) is 0 Å². The van der Waals surface area contributed by atoms with Gasteiger partial charge in [-0.3, -0.25) is 0 Å². The normalized spacial score (nSPS) is 15.0. The summed E-state index contributed by atoms with van der Waals surface area (Å²) in [6, 6.07) is 64.0. The molecule has 0 amide bonds. The van der Waals surface area contributed by atoms with Gasteiger partial charge in [-0.05, 0) is 120 Å². The topological polar surface area (TPSA) is 6.48 Å². The van der Waals surface area contributed by atoms with Crippen molar-refractivity contribution >= 4 is 52.7 Å². The highest BCUT2D eigenvalue weighted by Gasteiger charge is 2.29. The van der Waals surface area contributed by atoms with Crippen molar-refractivity contribution in [3.05, 3.63) is 233 Å². The van der Waals surface area contributed by atoms with E-state index in [-0.39, 0.29) is 6.04 Å². The molecular formula is C58H54N2. The monoisotopic (exact) mass is 778 g/mol. The fourth-order valence-electron chi connectivity index (χ4n) is 8.46. The van der Waals surface area contributed by atoms with Crippen molar-refractivity contribution in [2.24, 2.45) is 5.92 Å². The van der Waals surface area contributed by atoms with Crippen LogP contribution in [0.15, 0.2) is 200 Å². The quantitative estimate of drug-likeness (QED) is 0.108. The summed E-state index contributed by atoms with van der Waals surface area (Å²) in [5.74, 6) is 0.409. The summed E-state index contributed by atoms with van der Waals surface area (Å²) in [5, 5.41) is 0. The molecule has 0 bridgehead atoms. The summed E-state index contributed by atoms with van der Waals surface area (Å²) in [6.45, 7) is 9.04. The number of benzene rings is 7. The van der Waals surface area contributed by atoms with Crippen LogP contribution in [0.3, 0.4) is 0 Å². The molecule has 2 heteroatoms. The first-order chi connectivity index (χ1) is 29.5. The van der Waals surface area contributed by atoms with Crippen LogP contribution in [0.1, 0.15) is 60.6 Å². The summed E-state index contributed by atoms with van der Waals surface area (Å²) in [5.41, 5.74) is 17.0. The predicted molar refractivity (Wildman–Crippen MR) is 260 cm³/mol. The van der Waals surface area contributed by atoms with Crippen LogP contribution in [-0.4, -0.2) is 6.04 Å². The van der Waals surface area contributed by atoms with E-state index in [2.05, 4.69) is 256 Å². The number of allylic oxidation sites excluding steroid dienone is 2. The van der Waals surface area contributed by atoms with Gasteiger partial charge in [-0.25, -0.2) is 0 Å². The molecule has 8 rings (SSSR count). The third-order valence-electron chi connectivity index (χ3n) is 11.7. The van der Waals surface area contributed by atoms with Crippen molar-refractivity contribution < 1.29 is 0 Å². The van der Waals surface area contributed by atoms with E-state index in [1.54, 1.807) is 0 Å². The molecule has 0 N–H and O–H groups in total. The molecule has 0 heterocycles. The van der Waals surface area contributed by atoms with Gasteiger partial charge in [-0.1, -0.05) is 189 Å². The molecule has 2 nitrogen and oxygen atoms in total. The Kier molecular flexibility index (Phi) is 12.5. The summed E-state index contributed by atoms with van der Waals surface area (Å²) < 4.78 is 0. The molecule has 0 spiro atoms. The number of hydrogen-bond donors (Lipinski definition) is 0. The van der Waals surface area contributed by atoms with E-state index >= 15 is 0 Å². The molecule has 0 aliphatic heterocycles. The van der Waals surface area contributed by atoms with E-state index in [1.165, 1.54) is 67.1 Å². The third-order valence-corrected chi connectivity index (χ3v) is 11.7. The van der Waals surface area contributed by atoms with Crippen molar-refractivity contribution in [3.8, 4) is 11.1 Å². The van der Waals surface area contributed by atoms with E-state index in [1.807, 2.05) is 0 Å². The molecule has 60 heavy (non-hydrogen) atoms. The zero-order valence-corrected chi connectivity index (χ0v) is 35.2. The van der Waals surface area contributed by atoms with Crippen LogP contribution in [0.25, 0.3) is 35.4 Å². The smallest absolute Gasteiger partial charge is 0.0614 e. The maximum atomic E-state index is 2.54. The maximum absolute atomic E-state index is 2.54. The van der Waals surface area contributed by atoms with E-state index in [0.29, 0.717) is 5.92 Å². The lowest BCUT2D eigenvalue weighted by Crippen LogP contribution is -2.38. The van der Waals surface area contributed by atoms with Gasteiger partial charge in [0.05, 0.1) is 11.7 Å². The van der Waals surface area contributed by atoms with E-state index < -0.39 is 0 Å². The molecule has 296 valence electrons. The Hall–Kier alpha value is -6.90. The fourth-order valence-corrected chi connectivity index (χ4v) is 8.46. The highest BCUT2D eigenvalue weighted by atomic mass is 15.2. The number of nitrogens with zero attached hydrogens (tertiary/aromatic N) is 2. The molecule has 0 radical (unpaired) electrons. The molecular weight excluding hydrogens is 725 g/mol. The summed E-state index contributed by atoms with van der Waals surface area (Å²) in [4.78, 5) is 4.96. The van der Waals surface area contributed by atoms with Gasteiger partial charge in [-0.15, -0.1) is 0 Å². The Bertz CT molecular complexity index is 2600. The number of anilines is 5. The molecule has 7 aromatic carbocycles. The fraction of sp³-hybridized carbons (Fsp3) is 0.138. The second kappa shape index (κ2) is 18.8. The van der Waals surface area contributed by atoms with Gasteiger partial charge in [0.2, 0.25) is 0 Å². The van der Waals surface area contributed by atoms with Crippen LogP contribution in [0, 0.1) is 12.8 Å². The molecule has 1 aliphatic carbocycles. The van der Waals surface area contributed by atoms with Crippen molar-refractivity contribution in [3.63, 3.8) is 0 Å². The molecule has 0 aromatic heterocycles. The lowest BCUT2D eigenvalue weighted by Gasteiger charge is -2.40. The predicted octanol–water partition coefficient (Wildman–Crippen LogP) is 16.1. The van der Waals surface area contributed by atoms with Crippen LogP contribution in [0.2, 0.25) is 0 Å². The first-order valence-corrected chi connectivity index (χ1v) is 21.4. The second-order valence-corrected chi connectivity index (χ2v) is 15.7. The average molecular weight is 779 g/mol. The minimum atomic E-state index is 0.227. The Morgan fingerprint density at radius 2 is 0.917 bits per heavy atom. The van der Waals surface area contributed by atoms with Crippen LogP contribution >= 0.6 is 0 Å². The van der Waals surface area contributed by atoms with Gasteiger partial charge in [0.15, 0.2) is 0 Å². The second-order valence-electron chi connectivity index (χ2n) is 15.7. The van der Waals surface area contributed by atoms with Crippen LogP contribution in [0.5, 0.6) is 0 Å². The molecule has 0 fully saturated rings. The van der Waals surface area contributed by atoms with Crippen LogP contribution in [-0.2, 0) is 6.42 Å². The average Bonchev–Trinajstić information content (AvgIpc) is 3.30. The number of rotatable bonds is 13. The minimum absolute atomic E-state index is 0.227. The van der Waals surface area contributed by atoms with Gasteiger partial charge in [-0.2, -0.15) is 0 Å². The Morgan fingerprint density at radius 3 is 1.40 bits per heavy atom. The Balaban J connectivity index is 1.09. The third kappa shape index (κ3) is 9.04. The summed E-state index contributed by atoms with van der Waals surface area (Å²) >= 11 is 0. The maximum Gasteiger partial charge on any atom is 0.0614 e. The van der Waals surface area contributed by atoms with E-state index in [9.17, 15) is 0 Å². The van der Waals surface area contributed by atoms with Gasteiger partial charge in [0, 0.05) is 28.7 Å². The Morgan fingerprint density at radius 1 is 0.467 bits per heavy atom. The number of hydrogen-bond acceptors (Lipinski definition) is 2. The van der Waals surface area contributed by atoms with E-state index in [0.717, 1.165) is 24.2 Å². The van der Waals surface area contributed by atoms with E-state index in [4.69, 9.17) is 0 Å². The van der Waals surface area contributed by atoms with Crippen molar-refractivity contribution in [1.29, 1.82) is 0 Å². The van der Waals surface area contributed by atoms with Crippen LogP contribution in [0.4, 0.5) is 28.4 Å². The minimum Gasteiger partial charge on any atom is -0.334 e. The number of aryl methyl sites for hydroxylation is 2. The van der Waals surface area contributed by atoms with Gasteiger partial charge in [0.25, 0.3) is 0 Å². The lowest BCUT2D eigenvalue weighted by atomic mass is 9.85.